The third kappa shape index (κ3) is 4.02. The molecule has 0 fully saturated rings. The smallest absolute Gasteiger partial charge is 0.251 e. The van der Waals surface area contributed by atoms with Crippen molar-refractivity contribution in [2.24, 2.45) is 0 Å². The van der Waals surface area contributed by atoms with E-state index in [0.717, 1.165) is 12.1 Å². The number of rotatable bonds is 5. The van der Waals surface area contributed by atoms with Gasteiger partial charge < -0.3 is 10.2 Å². The molecule has 0 radical (unpaired) electrons. The Bertz CT molecular complexity index is 774. The van der Waals surface area contributed by atoms with Crippen molar-refractivity contribution in [3.8, 4) is 0 Å². The van der Waals surface area contributed by atoms with Crippen molar-refractivity contribution in [3.63, 3.8) is 0 Å². The lowest BCUT2D eigenvalue weighted by molar-refractivity contribution is -0.119. The lowest BCUT2D eigenvalue weighted by Gasteiger charge is -2.22. The van der Waals surface area contributed by atoms with Gasteiger partial charge in [-0.25, -0.2) is 0 Å². The summed E-state index contributed by atoms with van der Waals surface area (Å²) in [6.45, 7) is 2.54. The highest BCUT2D eigenvalue weighted by molar-refractivity contribution is 6.30. The number of carbonyl (C=O) groups excluding carboxylic acids is 2. The molecule has 130 valence electrons. The van der Waals surface area contributed by atoms with Gasteiger partial charge in [-0.3, -0.25) is 9.59 Å². The number of fused-ring (bicyclic) bond motifs is 1. The van der Waals surface area contributed by atoms with Gasteiger partial charge in [0.25, 0.3) is 5.91 Å². The topological polar surface area (TPSA) is 49.4 Å². The van der Waals surface area contributed by atoms with E-state index < -0.39 is 0 Å². The molecular weight excluding hydrogens is 336 g/mol. The SMILES string of the molecule is CC1Cc2ccccc2N1C(=O)CCCNC(=O)c1ccc(Cl)cc1. The minimum Gasteiger partial charge on any atom is -0.352 e. The van der Waals surface area contributed by atoms with Crippen LogP contribution in [-0.2, 0) is 11.2 Å². The molecule has 1 N–H and O–H groups in total. The number of benzene rings is 2. The minimum atomic E-state index is -0.149. The van der Waals surface area contributed by atoms with Crippen molar-refractivity contribution in [1.29, 1.82) is 0 Å². The molecule has 0 spiro atoms. The van der Waals surface area contributed by atoms with Crippen molar-refractivity contribution in [1.82, 2.24) is 5.32 Å². The molecule has 25 heavy (non-hydrogen) atoms. The van der Waals surface area contributed by atoms with E-state index in [1.54, 1.807) is 24.3 Å². The summed E-state index contributed by atoms with van der Waals surface area (Å²) in [5.41, 5.74) is 2.81. The molecule has 1 aliphatic rings. The summed E-state index contributed by atoms with van der Waals surface area (Å²) in [5.74, 6) is -0.0396. The Balaban J connectivity index is 1.48. The van der Waals surface area contributed by atoms with Crippen molar-refractivity contribution in [2.75, 3.05) is 11.4 Å². The Hall–Kier alpha value is -2.33. The first-order valence-electron chi connectivity index (χ1n) is 8.50. The lowest BCUT2D eigenvalue weighted by Crippen LogP contribution is -2.36. The number of hydrogen-bond donors (Lipinski definition) is 1. The summed E-state index contributed by atoms with van der Waals surface area (Å²) >= 11 is 5.81. The average molecular weight is 357 g/mol. The van der Waals surface area contributed by atoms with E-state index in [1.807, 2.05) is 23.1 Å². The molecule has 1 heterocycles. The summed E-state index contributed by atoms with van der Waals surface area (Å²) in [4.78, 5) is 26.5. The molecule has 4 nitrogen and oxygen atoms in total. The fourth-order valence-electron chi connectivity index (χ4n) is 3.21. The first-order chi connectivity index (χ1) is 12.1. The molecule has 1 unspecified atom stereocenters. The number of hydrogen-bond acceptors (Lipinski definition) is 2. The van der Waals surface area contributed by atoms with Crippen LogP contribution in [-0.4, -0.2) is 24.4 Å². The molecule has 2 aromatic carbocycles. The standard InChI is InChI=1S/C20H21ClN2O2/c1-14-13-16-5-2-3-6-18(16)23(14)19(24)7-4-12-22-20(25)15-8-10-17(21)11-9-15/h2-3,5-6,8-11,14H,4,7,12-13H2,1H3,(H,22,25). The maximum Gasteiger partial charge on any atom is 0.251 e. The number of halogens is 1. The van der Waals surface area contributed by atoms with Crippen molar-refractivity contribution in [3.05, 3.63) is 64.7 Å². The predicted molar refractivity (Wildman–Crippen MR) is 100 cm³/mol. The van der Waals surface area contributed by atoms with Crippen molar-refractivity contribution in [2.45, 2.75) is 32.2 Å². The molecule has 5 heteroatoms. The number of amides is 2. The fraction of sp³-hybridized carbons (Fsp3) is 0.300. The Morgan fingerprint density at radius 3 is 2.64 bits per heavy atom. The molecule has 2 amide bonds. The van der Waals surface area contributed by atoms with Gasteiger partial charge in [-0.05, 0) is 55.7 Å². The van der Waals surface area contributed by atoms with E-state index in [1.165, 1.54) is 5.56 Å². The van der Waals surface area contributed by atoms with Crippen LogP contribution < -0.4 is 10.2 Å². The zero-order valence-corrected chi connectivity index (χ0v) is 14.9. The van der Waals surface area contributed by atoms with Crippen LogP contribution in [0.2, 0.25) is 5.02 Å². The summed E-state index contributed by atoms with van der Waals surface area (Å²) in [6, 6.07) is 15.0. The number of nitrogens with one attached hydrogen (secondary N) is 1. The van der Waals surface area contributed by atoms with Crippen LogP contribution >= 0.6 is 11.6 Å². The van der Waals surface area contributed by atoms with Gasteiger partial charge in [-0.15, -0.1) is 0 Å². The van der Waals surface area contributed by atoms with Gasteiger partial charge in [0, 0.05) is 35.3 Å². The normalized spacial score (nSPS) is 15.8. The van der Waals surface area contributed by atoms with E-state index in [0.29, 0.717) is 30.0 Å². The highest BCUT2D eigenvalue weighted by Gasteiger charge is 2.29. The van der Waals surface area contributed by atoms with Crippen LogP contribution in [0.15, 0.2) is 48.5 Å². The summed E-state index contributed by atoms with van der Waals surface area (Å²) < 4.78 is 0. The third-order valence-corrected chi connectivity index (χ3v) is 4.69. The maximum atomic E-state index is 12.6. The first-order valence-corrected chi connectivity index (χ1v) is 8.88. The predicted octanol–water partition coefficient (Wildman–Crippen LogP) is 3.83. The molecular formula is C20H21ClN2O2. The Morgan fingerprint density at radius 1 is 1.16 bits per heavy atom. The second kappa shape index (κ2) is 7.70. The number of carbonyl (C=O) groups is 2. The van der Waals surface area contributed by atoms with E-state index in [4.69, 9.17) is 11.6 Å². The number of nitrogens with zero attached hydrogens (tertiary/aromatic N) is 1. The Labute approximate surface area is 152 Å². The van der Waals surface area contributed by atoms with Crippen molar-refractivity contribution < 1.29 is 9.59 Å². The summed E-state index contributed by atoms with van der Waals surface area (Å²) in [7, 11) is 0. The van der Waals surface area contributed by atoms with Gasteiger partial charge >= 0.3 is 0 Å². The van der Waals surface area contributed by atoms with Gasteiger partial charge in [0.05, 0.1) is 0 Å². The summed E-state index contributed by atoms with van der Waals surface area (Å²) in [6.07, 6.45) is 1.93. The first kappa shape index (κ1) is 17.5. The number of para-hydroxylation sites is 1. The van der Waals surface area contributed by atoms with Crippen LogP contribution in [0.4, 0.5) is 5.69 Å². The van der Waals surface area contributed by atoms with Crippen LogP contribution in [0.3, 0.4) is 0 Å². The van der Waals surface area contributed by atoms with E-state index in [-0.39, 0.29) is 17.9 Å². The molecule has 0 saturated carbocycles. The van der Waals surface area contributed by atoms with Crippen LogP contribution in [0.25, 0.3) is 0 Å². The molecule has 1 aliphatic heterocycles. The minimum absolute atomic E-state index is 0.109. The summed E-state index contributed by atoms with van der Waals surface area (Å²) in [5, 5.41) is 3.44. The molecule has 0 aromatic heterocycles. The van der Waals surface area contributed by atoms with Gasteiger partial charge in [-0.2, -0.15) is 0 Å². The van der Waals surface area contributed by atoms with Crippen LogP contribution in [0.5, 0.6) is 0 Å². The highest BCUT2D eigenvalue weighted by Crippen LogP contribution is 2.32. The number of anilines is 1. The largest absolute Gasteiger partial charge is 0.352 e. The van der Waals surface area contributed by atoms with Crippen LogP contribution in [0.1, 0.15) is 35.7 Å². The lowest BCUT2D eigenvalue weighted by atomic mass is 10.1. The fourth-order valence-corrected chi connectivity index (χ4v) is 3.34. The zero-order valence-electron chi connectivity index (χ0n) is 14.2. The van der Waals surface area contributed by atoms with Crippen molar-refractivity contribution >= 4 is 29.1 Å². The molecule has 0 bridgehead atoms. The van der Waals surface area contributed by atoms with E-state index >= 15 is 0 Å². The quantitative estimate of drug-likeness (QED) is 0.828. The maximum absolute atomic E-state index is 12.6. The average Bonchev–Trinajstić information content (AvgIpc) is 2.94. The van der Waals surface area contributed by atoms with Crippen LogP contribution in [0, 0.1) is 0 Å². The Morgan fingerprint density at radius 2 is 1.88 bits per heavy atom. The molecule has 2 aromatic rings. The second-order valence-corrected chi connectivity index (χ2v) is 6.75. The van der Waals surface area contributed by atoms with E-state index in [2.05, 4.69) is 18.3 Å². The Kier molecular flexibility index (Phi) is 5.39. The zero-order chi connectivity index (χ0) is 17.8. The van der Waals surface area contributed by atoms with Gasteiger partial charge in [-0.1, -0.05) is 29.8 Å². The van der Waals surface area contributed by atoms with E-state index in [9.17, 15) is 9.59 Å². The second-order valence-electron chi connectivity index (χ2n) is 6.31. The highest BCUT2D eigenvalue weighted by atomic mass is 35.5. The molecule has 3 rings (SSSR count). The van der Waals surface area contributed by atoms with Gasteiger partial charge in [0.2, 0.25) is 5.91 Å². The van der Waals surface area contributed by atoms with Gasteiger partial charge in [0.1, 0.15) is 0 Å². The molecule has 0 aliphatic carbocycles. The third-order valence-electron chi connectivity index (χ3n) is 4.44. The molecule has 1 atom stereocenters. The monoisotopic (exact) mass is 356 g/mol. The van der Waals surface area contributed by atoms with Gasteiger partial charge in [0.15, 0.2) is 0 Å². The molecule has 0 saturated heterocycles.